The van der Waals surface area contributed by atoms with Gasteiger partial charge in [0.25, 0.3) is 11.5 Å². The van der Waals surface area contributed by atoms with Gasteiger partial charge in [0.05, 0.1) is 12.0 Å². The lowest BCUT2D eigenvalue weighted by Gasteiger charge is -2.13. The highest BCUT2D eigenvalue weighted by Gasteiger charge is 2.16. The Hall–Kier alpha value is -2.21. The fourth-order valence-corrected chi connectivity index (χ4v) is 2.05. The van der Waals surface area contributed by atoms with Crippen LogP contribution in [0.2, 0.25) is 0 Å². The zero-order valence-corrected chi connectivity index (χ0v) is 11.7. The number of aryl methyl sites for hydroxylation is 1. The number of amides is 1. The largest absolute Gasteiger partial charge is 0.383 e. The van der Waals surface area contributed by atoms with Crippen LogP contribution in [0.3, 0.4) is 0 Å². The Morgan fingerprint density at radius 1 is 1.40 bits per heavy atom. The maximum atomic E-state index is 12.3. The second kappa shape index (κ2) is 5.83. The number of carbonyl (C=O) groups excluding carboxylic acids is 1. The Kier molecular flexibility index (Phi) is 4.14. The van der Waals surface area contributed by atoms with Crippen LogP contribution in [0.15, 0.2) is 29.1 Å². The highest BCUT2D eigenvalue weighted by molar-refractivity contribution is 6.04. The highest BCUT2D eigenvalue weighted by Crippen LogP contribution is 2.12. The molecule has 2 aromatic rings. The summed E-state index contributed by atoms with van der Waals surface area (Å²) in [5.41, 5.74) is 0.0211. The number of nitrogens with zero attached hydrogens (tertiary/aromatic N) is 2. The van der Waals surface area contributed by atoms with Crippen molar-refractivity contribution in [1.29, 1.82) is 0 Å². The molecule has 1 aromatic heterocycles. The maximum Gasteiger partial charge on any atom is 0.274 e. The predicted molar refractivity (Wildman–Crippen MR) is 75.8 cm³/mol. The summed E-state index contributed by atoms with van der Waals surface area (Å²) < 4.78 is 6.16. The number of carbonyl (C=O) groups is 1. The topological polar surface area (TPSA) is 73.2 Å². The summed E-state index contributed by atoms with van der Waals surface area (Å²) in [7, 11) is 3.10. The van der Waals surface area contributed by atoms with Crippen molar-refractivity contribution in [2.24, 2.45) is 7.05 Å². The fourth-order valence-electron chi connectivity index (χ4n) is 2.05. The Bertz CT molecular complexity index is 694. The number of ether oxygens (including phenoxy) is 1. The third-order valence-corrected chi connectivity index (χ3v) is 2.97. The zero-order chi connectivity index (χ0) is 14.7. The van der Waals surface area contributed by atoms with E-state index in [2.05, 4.69) is 10.4 Å². The number of fused-ring (bicyclic) bond motifs is 1. The molecule has 1 aromatic carbocycles. The number of hydrogen-bond acceptors (Lipinski definition) is 4. The lowest BCUT2D eigenvalue weighted by Crippen LogP contribution is -2.37. The van der Waals surface area contributed by atoms with Gasteiger partial charge in [0.15, 0.2) is 5.69 Å². The lowest BCUT2D eigenvalue weighted by molar-refractivity contribution is 0.0900. The van der Waals surface area contributed by atoms with Crippen molar-refractivity contribution < 1.29 is 9.53 Å². The van der Waals surface area contributed by atoms with Gasteiger partial charge in [-0.05, 0) is 13.0 Å². The Morgan fingerprint density at radius 3 is 2.70 bits per heavy atom. The van der Waals surface area contributed by atoms with E-state index in [9.17, 15) is 9.59 Å². The van der Waals surface area contributed by atoms with Gasteiger partial charge in [-0.25, -0.2) is 4.68 Å². The average molecular weight is 275 g/mol. The van der Waals surface area contributed by atoms with Crippen LogP contribution in [-0.4, -0.2) is 35.4 Å². The number of hydrogen-bond donors (Lipinski definition) is 1. The van der Waals surface area contributed by atoms with Gasteiger partial charge in [0.1, 0.15) is 0 Å². The van der Waals surface area contributed by atoms with E-state index in [0.29, 0.717) is 17.4 Å². The van der Waals surface area contributed by atoms with Crippen LogP contribution < -0.4 is 10.9 Å². The van der Waals surface area contributed by atoms with E-state index in [1.807, 2.05) is 6.92 Å². The first-order valence-corrected chi connectivity index (χ1v) is 6.30. The molecular weight excluding hydrogens is 258 g/mol. The summed E-state index contributed by atoms with van der Waals surface area (Å²) in [6, 6.07) is 6.82. The van der Waals surface area contributed by atoms with Crippen molar-refractivity contribution >= 4 is 16.7 Å². The molecule has 6 heteroatoms. The minimum Gasteiger partial charge on any atom is -0.383 e. The summed E-state index contributed by atoms with van der Waals surface area (Å²) in [6.07, 6.45) is 0. The number of aromatic nitrogens is 2. The minimum absolute atomic E-state index is 0.134. The van der Waals surface area contributed by atoms with Crippen LogP contribution in [0, 0.1) is 0 Å². The molecule has 20 heavy (non-hydrogen) atoms. The van der Waals surface area contributed by atoms with Gasteiger partial charge in [-0.3, -0.25) is 9.59 Å². The summed E-state index contributed by atoms with van der Waals surface area (Å²) in [4.78, 5) is 24.2. The summed E-state index contributed by atoms with van der Waals surface area (Å²) in [5.74, 6) is -0.318. The Morgan fingerprint density at radius 2 is 2.05 bits per heavy atom. The number of benzene rings is 1. The molecule has 0 fully saturated rings. The molecule has 106 valence electrons. The summed E-state index contributed by atoms with van der Waals surface area (Å²) in [5, 5.41) is 7.89. The van der Waals surface area contributed by atoms with Crippen LogP contribution in [-0.2, 0) is 11.8 Å². The van der Waals surface area contributed by atoms with Crippen LogP contribution in [0.4, 0.5) is 0 Å². The molecular formula is C14H17N3O3. The molecule has 0 spiro atoms. The van der Waals surface area contributed by atoms with Crippen LogP contribution in [0.5, 0.6) is 0 Å². The van der Waals surface area contributed by atoms with E-state index in [1.54, 1.807) is 31.4 Å². The number of methoxy groups -OCH3 is 1. The zero-order valence-electron chi connectivity index (χ0n) is 11.7. The van der Waals surface area contributed by atoms with Crippen molar-refractivity contribution in [1.82, 2.24) is 15.1 Å². The van der Waals surface area contributed by atoms with E-state index < -0.39 is 0 Å². The van der Waals surface area contributed by atoms with Crippen molar-refractivity contribution in [2.45, 2.75) is 13.0 Å². The van der Waals surface area contributed by atoms with E-state index in [4.69, 9.17) is 4.74 Å². The first-order valence-electron chi connectivity index (χ1n) is 6.30. The second-order valence-corrected chi connectivity index (χ2v) is 4.65. The molecule has 0 bridgehead atoms. The molecule has 0 saturated carbocycles. The number of rotatable bonds is 4. The van der Waals surface area contributed by atoms with E-state index in [1.165, 1.54) is 11.7 Å². The van der Waals surface area contributed by atoms with Crippen molar-refractivity contribution in [3.05, 3.63) is 40.3 Å². The molecule has 0 aliphatic rings. The molecule has 1 N–H and O–H groups in total. The van der Waals surface area contributed by atoms with Crippen LogP contribution >= 0.6 is 0 Å². The van der Waals surface area contributed by atoms with Gasteiger partial charge < -0.3 is 10.1 Å². The van der Waals surface area contributed by atoms with E-state index in [0.717, 1.165) is 0 Å². The van der Waals surface area contributed by atoms with Gasteiger partial charge in [-0.1, -0.05) is 18.2 Å². The van der Waals surface area contributed by atoms with Gasteiger partial charge in [-0.2, -0.15) is 5.10 Å². The van der Waals surface area contributed by atoms with Gasteiger partial charge in [-0.15, -0.1) is 0 Å². The monoisotopic (exact) mass is 275 g/mol. The van der Waals surface area contributed by atoms with Gasteiger partial charge in [0.2, 0.25) is 0 Å². The van der Waals surface area contributed by atoms with Gasteiger partial charge >= 0.3 is 0 Å². The first-order chi connectivity index (χ1) is 9.54. The fraction of sp³-hybridized carbons (Fsp3) is 0.357. The van der Waals surface area contributed by atoms with E-state index in [-0.39, 0.29) is 23.2 Å². The molecule has 0 aliphatic carbocycles. The molecule has 0 saturated heterocycles. The smallest absolute Gasteiger partial charge is 0.274 e. The molecule has 2 rings (SSSR count). The highest BCUT2D eigenvalue weighted by atomic mass is 16.5. The first kappa shape index (κ1) is 14.2. The number of nitrogens with one attached hydrogen (secondary N) is 1. The Balaban J connectivity index is 2.47. The summed E-state index contributed by atoms with van der Waals surface area (Å²) >= 11 is 0. The third kappa shape index (κ3) is 2.70. The summed E-state index contributed by atoms with van der Waals surface area (Å²) in [6.45, 7) is 2.25. The Labute approximate surface area is 116 Å². The predicted octanol–water partition coefficient (Wildman–Crippen LogP) is 0.698. The SMILES string of the molecule is COCC(C)NC(=O)c1nn(C)c(=O)c2ccccc12. The lowest BCUT2D eigenvalue weighted by atomic mass is 10.1. The molecule has 6 nitrogen and oxygen atoms in total. The third-order valence-electron chi connectivity index (χ3n) is 2.97. The minimum atomic E-state index is -0.318. The van der Waals surface area contributed by atoms with E-state index >= 15 is 0 Å². The quantitative estimate of drug-likeness (QED) is 0.891. The van der Waals surface area contributed by atoms with Crippen LogP contribution in [0.25, 0.3) is 10.8 Å². The molecule has 1 heterocycles. The normalized spacial score (nSPS) is 12.3. The second-order valence-electron chi connectivity index (χ2n) is 4.65. The molecule has 1 atom stereocenters. The molecule has 1 unspecified atom stereocenters. The standard InChI is InChI=1S/C14H17N3O3/c1-9(8-20-3)15-13(18)12-10-6-4-5-7-11(10)14(19)17(2)16-12/h4-7,9H,8H2,1-3H3,(H,15,18). The molecule has 1 amide bonds. The maximum absolute atomic E-state index is 12.3. The van der Waals surface area contributed by atoms with Crippen LogP contribution in [0.1, 0.15) is 17.4 Å². The van der Waals surface area contributed by atoms with Crippen molar-refractivity contribution in [3.8, 4) is 0 Å². The average Bonchev–Trinajstić information content (AvgIpc) is 2.43. The molecule has 0 radical (unpaired) electrons. The van der Waals surface area contributed by atoms with Crippen molar-refractivity contribution in [2.75, 3.05) is 13.7 Å². The molecule has 0 aliphatic heterocycles. The van der Waals surface area contributed by atoms with Crippen molar-refractivity contribution in [3.63, 3.8) is 0 Å². The van der Waals surface area contributed by atoms with Gasteiger partial charge in [0, 0.05) is 25.6 Å².